The number of likely N-dealkylation sites (tertiary alicyclic amines) is 1. The summed E-state index contributed by atoms with van der Waals surface area (Å²) in [6, 6.07) is 7.89. The maximum atomic E-state index is 13.2. The van der Waals surface area contributed by atoms with E-state index in [9.17, 15) is 4.79 Å². The number of carbonyl (C=O) groups excluding carboxylic acids is 1. The maximum absolute atomic E-state index is 13.2. The minimum Gasteiger partial charge on any atom is -0.493 e. The molecule has 192 valence electrons. The van der Waals surface area contributed by atoms with Gasteiger partial charge in [0.05, 0.1) is 27.1 Å². The lowest BCUT2D eigenvalue weighted by molar-refractivity contribution is -0.128. The lowest BCUT2D eigenvalue weighted by atomic mass is 9.91. The van der Waals surface area contributed by atoms with E-state index in [1.54, 1.807) is 26.6 Å². The first kappa shape index (κ1) is 25.7. The van der Waals surface area contributed by atoms with Crippen molar-refractivity contribution in [1.29, 1.82) is 0 Å². The van der Waals surface area contributed by atoms with Crippen molar-refractivity contribution in [2.24, 2.45) is 11.8 Å². The number of benzene rings is 2. The van der Waals surface area contributed by atoms with Crippen LogP contribution in [-0.2, 0) is 4.79 Å². The summed E-state index contributed by atoms with van der Waals surface area (Å²) in [6.45, 7) is 12.5. The summed E-state index contributed by atoms with van der Waals surface area (Å²) in [5, 5.41) is 0.957. The number of aryl methyl sites for hydroxylation is 1. The monoisotopic (exact) mass is 491 g/mol. The third-order valence-corrected chi connectivity index (χ3v) is 6.97. The smallest absolute Gasteiger partial charge is 0.246 e. The topological polar surface area (TPSA) is 61.1 Å². The fourth-order valence-electron chi connectivity index (χ4n) is 5.36. The average molecular weight is 492 g/mol. The Labute approximate surface area is 213 Å². The Morgan fingerprint density at radius 1 is 1.11 bits per heavy atom. The average Bonchev–Trinajstić information content (AvgIpc) is 3.28. The second kappa shape index (κ2) is 10.7. The van der Waals surface area contributed by atoms with Crippen molar-refractivity contribution in [3.8, 4) is 28.4 Å². The van der Waals surface area contributed by atoms with Crippen LogP contribution in [0.15, 0.2) is 41.0 Å². The molecule has 36 heavy (non-hydrogen) atoms. The van der Waals surface area contributed by atoms with Crippen molar-refractivity contribution in [2.45, 2.75) is 41.0 Å². The van der Waals surface area contributed by atoms with Gasteiger partial charge in [0.2, 0.25) is 5.91 Å². The van der Waals surface area contributed by atoms with Gasteiger partial charge in [-0.25, -0.2) is 0 Å². The molecule has 1 fully saturated rings. The van der Waals surface area contributed by atoms with Gasteiger partial charge in [0.15, 0.2) is 11.5 Å². The summed E-state index contributed by atoms with van der Waals surface area (Å²) >= 11 is 0. The number of furan rings is 1. The number of hydrogen-bond acceptors (Lipinski definition) is 5. The molecule has 2 atom stereocenters. The zero-order valence-corrected chi connectivity index (χ0v) is 22.4. The van der Waals surface area contributed by atoms with Gasteiger partial charge in [0, 0.05) is 41.2 Å². The lowest BCUT2D eigenvalue weighted by Crippen LogP contribution is -2.41. The van der Waals surface area contributed by atoms with Gasteiger partial charge >= 0.3 is 0 Å². The Bertz CT molecular complexity index is 1280. The molecule has 6 heteroatoms. The number of allylic oxidation sites excluding steroid dienone is 1. The Hall–Kier alpha value is -3.41. The molecule has 0 saturated carbocycles. The highest BCUT2D eigenvalue weighted by atomic mass is 16.5. The molecule has 2 heterocycles. The van der Waals surface area contributed by atoms with Crippen LogP contribution in [0, 0.1) is 18.8 Å². The first-order chi connectivity index (χ1) is 17.3. The molecule has 1 aliphatic rings. The van der Waals surface area contributed by atoms with Gasteiger partial charge in [0.25, 0.3) is 0 Å². The minimum atomic E-state index is 0.0541. The molecule has 0 radical (unpaired) electrons. The summed E-state index contributed by atoms with van der Waals surface area (Å²) < 4.78 is 23.0. The van der Waals surface area contributed by atoms with Crippen molar-refractivity contribution in [2.75, 3.05) is 33.9 Å². The van der Waals surface area contributed by atoms with Crippen LogP contribution in [0.25, 0.3) is 27.7 Å². The van der Waals surface area contributed by atoms with Gasteiger partial charge in [-0.3, -0.25) is 4.79 Å². The van der Waals surface area contributed by atoms with E-state index < -0.39 is 0 Å². The number of piperidine rings is 1. The third kappa shape index (κ3) is 4.95. The third-order valence-electron chi connectivity index (χ3n) is 6.97. The van der Waals surface area contributed by atoms with Crippen LogP contribution in [0.4, 0.5) is 0 Å². The predicted molar refractivity (Wildman–Crippen MR) is 144 cm³/mol. The number of nitrogens with zero attached hydrogens (tertiary/aromatic N) is 1. The van der Waals surface area contributed by atoms with Crippen LogP contribution in [0.2, 0.25) is 0 Å². The summed E-state index contributed by atoms with van der Waals surface area (Å²) in [5.41, 5.74) is 5.35. The molecule has 1 amide bonds. The largest absolute Gasteiger partial charge is 0.493 e. The van der Waals surface area contributed by atoms with Crippen LogP contribution >= 0.6 is 0 Å². The fourth-order valence-corrected chi connectivity index (χ4v) is 5.36. The molecular weight excluding hydrogens is 454 g/mol. The minimum absolute atomic E-state index is 0.0541. The number of rotatable bonds is 7. The van der Waals surface area contributed by atoms with Crippen molar-refractivity contribution >= 4 is 22.4 Å². The zero-order chi connectivity index (χ0) is 26.0. The van der Waals surface area contributed by atoms with Crippen LogP contribution in [0.5, 0.6) is 17.2 Å². The second-order valence-electron chi connectivity index (χ2n) is 9.92. The number of carbonyl (C=O) groups is 1. The van der Waals surface area contributed by atoms with E-state index in [4.69, 9.17) is 18.6 Å². The van der Waals surface area contributed by atoms with Gasteiger partial charge in [-0.2, -0.15) is 0 Å². The van der Waals surface area contributed by atoms with Crippen molar-refractivity contribution in [3.63, 3.8) is 0 Å². The summed E-state index contributed by atoms with van der Waals surface area (Å²) in [5.74, 6) is 3.15. The number of fused-ring (bicyclic) bond motifs is 1. The van der Waals surface area contributed by atoms with E-state index in [2.05, 4.69) is 19.9 Å². The van der Waals surface area contributed by atoms with Crippen LogP contribution < -0.4 is 14.2 Å². The van der Waals surface area contributed by atoms with E-state index in [0.717, 1.165) is 64.1 Å². The predicted octanol–water partition coefficient (Wildman–Crippen LogP) is 6.73. The zero-order valence-electron chi connectivity index (χ0n) is 22.4. The fraction of sp³-hybridized carbons (Fsp3) is 0.433. The number of ether oxygens (including phenoxy) is 3. The Balaban J connectivity index is 1.80. The van der Waals surface area contributed by atoms with E-state index in [0.29, 0.717) is 29.9 Å². The van der Waals surface area contributed by atoms with Crippen molar-refractivity contribution in [1.82, 2.24) is 4.90 Å². The highest BCUT2D eigenvalue weighted by molar-refractivity contribution is 6.02. The Morgan fingerprint density at radius 2 is 1.81 bits per heavy atom. The molecule has 3 aromatic rings. The van der Waals surface area contributed by atoms with Crippen LogP contribution in [0.3, 0.4) is 0 Å². The second-order valence-corrected chi connectivity index (χ2v) is 9.92. The molecule has 1 aromatic heterocycles. The molecule has 2 unspecified atom stereocenters. The number of amides is 1. The molecule has 2 aromatic carbocycles. The lowest BCUT2D eigenvalue weighted by Gasteiger charge is -2.34. The van der Waals surface area contributed by atoms with Crippen LogP contribution in [0.1, 0.15) is 45.2 Å². The molecule has 0 spiro atoms. The van der Waals surface area contributed by atoms with E-state index in [1.165, 1.54) is 0 Å². The van der Waals surface area contributed by atoms with Gasteiger partial charge in [-0.15, -0.1) is 0 Å². The van der Waals surface area contributed by atoms with Gasteiger partial charge in [-0.05, 0) is 68.4 Å². The van der Waals surface area contributed by atoms with E-state index >= 15 is 0 Å². The van der Waals surface area contributed by atoms with Gasteiger partial charge < -0.3 is 23.5 Å². The normalized spacial score (nSPS) is 18.4. The number of methoxy groups -OCH3 is 2. The standard InChI is InChI=1S/C30H37NO5/c1-8-35-29-21(5)30-24(25(17-36-30)22-9-10-26(33-6)27(13-22)34-7)14-23(29)20(4)12-28(32)31-15-18(2)11-19(3)16-31/h9-10,12-14,17-19H,8,11,15-16H2,1-7H3/b20-12+. The molecule has 6 nitrogen and oxygen atoms in total. The summed E-state index contributed by atoms with van der Waals surface area (Å²) in [4.78, 5) is 15.2. The van der Waals surface area contributed by atoms with Crippen molar-refractivity contribution < 1.29 is 23.4 Å². The molecule has 4 rings (SSSR count). The van der Waals surface area contributed by atoms with E-state index in [-0.39, 0.29) is 5.91 Å². The number of hydrogen-bond donors (Lipinski definition) is 0. The first-order valence-corrected chi connectivity index (χ1v) is 12.6. The van der Waals surface area contributed by atoms with Crippen LogP contribution in [-0.4, -0.2) is 44.7 Å². The van der Waals surface area contributed by atoms with Gasteiger partial charge in [-0.1, -0.05) is 19.9 Å². The van der Waals surface area contributed by atoms with E-state index in [1.807, 2.05) is 43.9 Å². The summed E-state index contributed by atoms with van der Waals surface area (Å²) in [7, 11) is 3.25. The summed E-state index contributed by atoms with van der Waals surface area (Å²) in [6.07, 6.45) is 4.68. The van der Waals surface area contributed by atoms with Crippen molar-refractivity contribution in [3.05, 3.63) is 47.7 Å². The molecule has 0 bridgehead atoms. The van der Waals surface area contributed by atoms with Gasteiger partial charge in [0.1, 0.15) is 11.3 Å². The highest BCUT2D eigenvalue weighted by Gasteiger charge is 2.25. The Kier molecular flexibility index (Phi) is 7.62. The Morgan fingerprint density at radius 3 is 2.44 bits per heavy atom. The molecule has 1 saturated heterocycles. The molecule has 0 N–H and O–H groups in total. The molecule has 0 aliphatic carbocycles. The first-order valence-electron chi connectivity index (χ1n) is 12.6. The SMILES string of the molecule is CCOc1c(/C(C)=C/C(=O)N2CC(C)CC(C)C2)cc2c(-c3ccc(OC)c(OC)c3)coc2c1C. The highest BCUT2D eigenvalue weighted by Crippen LogP contribution is 2.42. The maximum Gasteiger partial charge on any atom is 0.246 e. The molecular formula is C30H37NO5. The molecule has 1 aliphatic heterocycles. The quantitative estimate of drug-likeness (QED) is 0.343.